The van der Waals surface area contributed by atoms with Crippen LogP contribution >= 0.6 is 0 Å². The van der Waals surface area contributed by atoms with Gasteiger partial charge in [-0.25, -0.2) is 4.39 Å². The largest absolute Gasteiger partial charge is 0.496 e. The Bertz CT molecular complexity index is 727. The molecule has 2 aromatic carbocycles. The number of hydrogen-bond acceptors (Lipinski definition) is 3. The summed E-state index contributed by atoms with van der Waals surface area (Å²) in [7, 11) is 5.55. The molecule has 0 fully saturated rings. The number of carbonyl (C=O) groups is 1. The van der Waals surface area contributed by atoms with E-state index in [0.717, 1.165) is 16.9 Å². The molecular formula is C20H23FN2O2. The van der Waals surface area contributed by atoms with E-state index < -0.39 is 0 Å². The first-order valence-corrected chi connectivity index (χ1v) is 8.02. The van der Waals surface area contributed by atoms with Crippen molar-refractivity contribution in [1.82, 2.24) is 10.2 Å². The second-order valence-electron chi connectivity index (χ2n) is 5.85. The summed E-state index contributed by atoms with van der Waals surface area (Å²) in [5.41, 5.74) is 1.78. The molecule has 2 aromatic rings. The maximum atomic E-state index is 12.9. The fourth-order valence-electron chi connectivity index (χ4n) is 2.51. The molecule has 25 heavy (non-hydrogen) atoms. The highest BCUT2D eigenvalue weighted by Crippen LogP contribution is 2.27. The van der Waals surface area contributed by atoms with Crippen LogP contribution in [-0.2, 0) is 4.79 Å². The Hall–Kier alpha value is -2.66. The van der Waals surface area contributed by atoms with E-state index in [-0.39, 0.29) is 17.8 Å². The molecule has 0 saturated carbocycles. The molecule has 0 spiro atoms. The van der Waals surface area contributed by atoms with Gasteiger partial charge in [-0.1, -0.05) is 30.3 Å². The van der Waals surface area contributed by atoms with E-state index in [1.165, 1.54) is 18.2 Å². The molecule has 0 bridgehead atoms. The van der Waals surface area contributed by atoms with E-state index in [1.54, 1.807) is 25.3 Å². The summed E-state index contributed by atoms with van der Waals surface area (Å²) in [6.07, 6.45) is 3.10. The average Bonchev–Trinajstić information content (AvgIpc) is 2.61. The third kappa shape index (κ3) is 5.43. The molecule has 0 aliphatic carbocycles. The van der Waals surface area contributed by atoms with E-state index >= 15 is 0 Å². The lowest BCUT2D eigenvalue weighted by Gasteiger charge is -2.26. The van der Waals surface area contributed by atoms with Crippen molar-refractivity contribution in [3.8, 4) is 5.75 Å². The lowest BCUT2D eigenvalue weighted by atomic mass is 10.0. The molecule has 1 atom stereocenters. The Morgan fingerprint density at radius 1 is 1.20 bits per heavy atom. The normalized spacial score (nSPS) is 12.4. The van der Waals surface area contributed by atoms with Gasteiger partial charge < -0.3 is 15.0 Å². The fraction of sp³-hybridized carbons (Fsp3) is 0.250. The highest BCUT2D eigenvalue weighted by atomic mass is 19.1. The molecule has 0 heterocycles. The van der Waals surface area contributed by atoms with Gasteiger partial charge in [-0.2, -0.15) is 0 Å². The van der Waals surface area contributed by atoms with E-state index in [0.29, 0.717) is 6.54 Å². The summed E-state index contributed by atoms with van der Waals surface area (Å²) in [6.45, 7) is 0.444. The highest BCUT2D eigenvalue weighted by Gasteiger charge is 2.18. The Balaban J connectivity index is 2.01. The number of carbonyl (C=O) groups excluding carboxylic acids is 1. The van der Waals surface area contributed by atoms with Crippen molar-refractivity contribution in [3.63, 3.8) is 0 Å². The van der Waals surface area contributed by atoms with Gasteiger partial charge >= 0.3 is 0 Å². The number of methoxy groups -OCH3 is 1. The van der Waals surface area contributed by atoms with Gasteiger partial charge in [0.05, 0.1) is 13.2 Å². The highest BCUT2D eigenvalue weighted by molar-refractivity contribution is 5.91. The first-order valence-electron chi connectivity index (χ1n) is 8.02. The van der Waals surface area contributed by atoms with Crippen LogP contribution in [0.25, 0.3) is 6.08 Å². The van der Waals surface area contributed by atoms with Crippen molar-refractivity contribution in [2.75, 3.05) is 27.7 Å². The maximum Gasteiger partial charge on any atom is 0.244 e. The minimum Gasteiger partial charge on any atom is -0.496 e. The van der Waals surface area contributed by atoms with E-state index in [9.17, 15) is 9.18 Å². The smallest absolute Gasteiger partial charge is 0.244 e. The van der Waals surface area contributed by atoms with Gasteiger partial charge in [0.1, 0.15) is 11.6 Å². The summed E-state index contributed by atoms with van der Waals surface area (Å²) >= 11 is 0. The Labute approximate surface area is 147 Å². The molecule has 2 rings (SSSR count). The Kier molecular flexibility index (Phi) is 6.71. The fourth-order valence-corrected chi connectivity index (χ4v) is 2.51. The Morgan fingerprint density at radius 3 is 2.52 bits per heavy atom. The van der Waals surface area contributed by atoms with E-state index in [1.807, 2.05) is 43.3 Å². The van der Waals surface area contributed by atoms with Gasteiger partial charge in [0.15, 0.2) is 0 Å². The van der Waals surface area contributed by atoms with Crippen molar-refractivity contribution < 1.29 is 13.9 Å². The van der Waals surface area contributed by atoms with Crippen molar-refractivity contribution in [2.24, 2.45) is 0 Å². The molecule has 0 aliphatic rings. The number of nitrogens with one attached hydrogen (secondary N) is 1. The van der Waals surface area contributed by atoms with Gasteiger partial charge in [-0.15, -0.1) is 0 Å². The molecule has 0 aliphatic heterocycles. The third-order valence-corrected chi connectivity index (χ3v) is 3.89. The number of ether oxygens (including phenoxy) is 1. The van der Waals surface area contributed by atoms with Gasteiger partial charge in [0, 0.05) is 18.2 Å². The standard InChI is InChI=1S/C20H23FN2O2/c1-23(2)18(17-6-4-5-7-19(17)25-3)14-22-20(24)13-10-15-8-11-16(21)12-9-15/h4-13,18H,14H2,1-3H3,(H,22,24)/b13-10+. The number of amides is 1. The minimum atomic E-state index is -0.299. The van der Waals surface area contributed by atoms with Crippen molar-refractivity contribution in [2.45, 2.75) is 6.04 Å². The summed E-state index contributed by atoms with van der Waals surface area (Å²) in [5.74, 6) is 0.288. The maximum absolute atomic E-state index is 12.9. The van der Waals surface area contributed by atoms with Crippen LogP contribution in [0.1, 0.15) is 17.2 Å². The molecule has 0 radical (unpaired) electrons. The van der Waals surface area contributed by atoms with Crippen LogP contribution in [0.5, 0.6) is 5.75 Å². The molecule has 0 aromatic heterocycles. The number of rotatable bonds is 7. The number of likely N-dealkylation sites (N-methyl/N-ethyl adjacent to an activating group) is 1. The van der Waals surface area contributed by atoms with Crippen LogP contribution < -0.4 is 10.1 Å². The SMILES string of the molecule is COc1ccccc1C(CNC(=O)/C=C/c1ccc(F)cc1)N(C)C. The molecule has 5 heteroatoms. The van der Waals surface area contributed by atoms with Crippen LogP contribution in [0, 0.1) is 5.82 Å². The summed E-state index contributed by atoms with van der Waals surface area (Å²) < 4.78 is 18.3. The van der Waals surface area contributed by atoms with Crippen molar-refractivity contribution in [1.29, 1.82) is 0 Å². The molecule has 0 saturated heterocycles. The molecule has 1 N–H and O–H groups in total. The van der Waals surface area contributed by atoms with Crippen LogP contribution in [0.2, 0.25) is 0 Å². The molecular weight excluding hydrogens is 319 g/mol. The lowest BCUT2D eigenvalue weighted by Crippen LogP contribution is -2.33. The summed E-state index contributed by atoms with van der Waals surface area (Å²) in [6, 6.07) is 13.7. The van der Waals surface area contributed by atoms with E-state index in [4.69, 9.17) is 4.74 Å². The Morgan fingerprint density at radius 2 is 1.88 bits per heavy atom. The van der Waals surface area contributed by atoms with Gasteiger partial charge in [-0.05, 0) is 43.9 Å². The van der Waals surface area contributed by atoms with Gasteiger partial charge in [0.25, 0.3) is 0 Å². The molecule has 4 nitrogen and oxygen atoms in total. The second-order valence-corrected chi connectivity index (χ2v) is 5.85. The van der Waals surface area contributed by atoms with Crippen LogP contribution in [0.3, 0.4) is 0 Å². The van der Waals surface area contributed by atoms with Crippen molar-refractivity contribution >= 4 is 12.0 Å². The first kappa shape index (κ1) is 18.7. The quantitative estimate of drug-likeness (QED) is 0.785. The monoisotopic (exact) mass is 342 g/mol. The zero-order valence-electron chi connectivity index (χ0n) is 14.7. The zero-order chi connectivity index (χ0) is 18.2. The van der Waals surface area contributed by atoms with E-state index in [2.05, 4.69) is 5.32 Å². The summed E-state index contributed by atoms with van der Waals surface area (Å²) in [5, 5.41) is 2.90. The molecule has 1 unspecified atom stereocenters. The number of hydrogen-bond donors (Lipinski definition) is 1. The minimum absolute atomic E-state index is 0.0145. The van der Waals surface area contributed by atoms with Gasteiger partial charge in [0.2, 0.25) is 5.91 Å². The predicted octanol–water partition coefficient (Wildman–Crippen LogP) is 3.27. The predicted molar refractivity (Wildman–Crippen MR) is 97.9 cm³/mol. The van der Waals surface area contributed by atoms with Crippen LogP contribution in [0.15, 0.2) is 54.6 Å². The average molecular weight is 342 g/mol. The third-order valence-electron chi connectivity index (χ3n) is 3.89. The van der Waals surface area contributed by atoms with Crippen LogP contribution in [-0.4, -0.2) is 38.6 Å². The first-order chi connectivity index (χ1) is 12.0. The lowest BCUT2D eigenvalue weighted by molar-refractivity contribution is -0.116. The second kappa shape index (κ2) is 8.99. The summed E-state index contributed by atoms with van der Waals surface area (Å²) in [4.78, 5) is 14.1. The van der Waals surface area contributed by atoms with Crippen LogP contribution in [0.4, 0.5) is 4.39 Å². The molecule has 1 amide bonds. The number of benzene rings is 2. The number of nitrogens with zero attached hydrogens (tertiary/aromatic N) is 1. The molecule has 132 valence electrons. The topological polar surface area (TPSA) is 41.6 Å². The number of halogens is 1. The number of para-hydroxylation sites is 1. The van der Waals surface area contributed by atoms with Gasteiger partial charge in [-0.3, -0.25) is 4.79 Å². The zero-order valence-corrected chi connectivity index (χ0v) is 14.7. The van der Waals surface area contributed by atoms with Crippen molar-refractivity contribution in [3.05, 3.63) is 71.6 Å².